The quantitative estimate of drug-likeness (QED) is 0.864. The zero-order valence-corrected chi connectivity index (χ0v) is 14.2. The number of carbonyl (C=O) groups is 2. The van der Waals surface area contributed by atoms with Gasteiger partial charge in [-0.15, -0.1) is 11.3 Å². The predicted molar refractivity (Wildman–Crippen MR) is 92.1 cm³/mol. The number of hydrogen-bond acceptors (Lipinski definition) is 3. The maximum Gasteiger partial charge on any atom is 0.265 e. The Morgan fingerprint density at radius 2 is 1.95 bits per heavy atom. The van der Waals surface area contributed by atoms with Crippen molar-refractivity contribution in [2.75, 3.05) is 10.6 Å². The van der Waals surface area contributed by atoms with Gasteiger partial charge in [-0.1, -0.05) is 18.5 Å². The summed E-state index contributed by atoms with van der Waals surface area (Å²) >= 11 is 7.51. The molecule has 0 aliphatic rings. The molecular weight excluding hydrogens is 320 g/mol. The molecule has 0 fully saturated rings. The van der Waals surface area contributed by atoms with Gasteiger partial charge in [-0.2, -0.15) is 0 Å². The molecule has 22 heavy (non-hydrogen) atoms. The Morgan fingerprint density at radius 3 is 2.55 bits per heavy atom. The van der Waals surface area contributed by atoms with Gasteiger partial charge in [0.15, 0.2) is 0 Å². The van der Waals surface area contributed by atoms with Gasteiger partial charge in [0, 0.05) is 17.5 Å². The molecule has 0 bridgehead atoms. The molecule has 0 unspecified atom stereocenters. The van der Waals surface area contributed by atoms with Gasteiger partial charge in [-0.05, 0) is 43.2 Å². The number of thiophene rings is 1. The molecule has 2 rings (SSSR count). The number of rotatable bonds is 4. The van der Waals surface area contributed by atoms with Crippen molar-refractivity contribution in [2.24, 2.45) is 0 Å². The molecule has 116 valence electrons. The van der Waals surface area contributed by atoms with Gasteiger partial charge in [0.05, 0.1) is 15.6 Å². The lowest BCUT2D eigenvalue weighted by Gasteiger charge is -2.09. The lowest BCUT2D eigenvalue weighted by atomic mass is 10.2. The third kappa shape index (κ3) is 3.87. The first-order chi connectivity index (χ1) is 10.4. The van der Waals surface area contributed by atoms with Crippen molar-refractivity contribution >= 4 is 46.1 Å². The van der Waals surface area contributed by atoms with E-state index in [0.29, 0.717) is 21.3 Å². The first kappa shape index (κ1) is 16.5. The van der Waals surface area contributed by atoms with E-state index in [4.69, 9.17) is 11.6 Å². The van der Waals surface area contributed by atoms with Crippen LogP contribution in [-0.2, 0) is 11.2 Å². The van der Waals surface area contributed by atoms with Gasteiger partial charge < -0.3 is 10.6 Å². The minimum atomic E-state index is -0.216. The highest BCUT2D eigenvalue weighted by molar-refractivity contribution is 7.14. The maximum atomic E-state index is 12.3. The molecule has 1 heterocycles. The number of hydrogen-bond donors (Lipinski definition) is 2. The minimum absolute atomic E-state index is 0.163. The van der Waals surface area contributed by atoms with Crippen LogP contribution in [0.2, 0.25) is 5.02 Å². The molecule has 2 N–H and O–H groups in total. The van der Waals surface area contributed by atoms with E-state index >= 15 is 0 Å². The zero-order valence-electron chi connectivity index (χ0n) is 12.6. The van der Waals surface area contributed by atoms with Gasteiger partial charge in [-0.25, -0.2) is 0 Å². The van der Waals surface area contributed by atoms with Crippen LogP contribution in [0, 0.1) is 6.92 Å². The highest BCUT2D eigenvalue weighted by Gasteiger charge is 2.13. The van der Waals surface area contributed by atoms with Crippen LogP contribution < -0.4 is 10.6 Å². The molecule has 0 saturated heterocycles. The second kappa shape index (κ2) is 6.94. The van der Waals surface area contributed by atoms with Crippen LogP contribution >= 0.6 is 22.9 Å². The number of amides is 2. The first-order valence-corrected chi connectivity index (χ1v) is 8.08. The van der Waals surface area contributed by atoms with E-state index < -0.39 is 0 Å². The molecule has 6 heteroatoms. The van der Waals surface area contributed by atoms with E-state index in [0.717, 1.165) is 12.0 Å². The predicted octanol–water partition coefficient (Wildman–Crippen LogP) is 4.48. The fourth-order valence-corrected chi connectivity index (χ4v) is 3.24. The van der Waals surface area contributed by atoms with Crippen molar-refractivity contribution in [1.82, 2.24) is 0 Å². The summed E-state index contributed by atoms with van der Waals surface area (Å²) in [7, 11) is 0. The molecule has 0 atom stereocenters. The fraction of sp³-hybridized carbons (Fsp3) is 0.250. The molecule has 0 aliphatic heterocycles. The average Bonchev–Trinajstić information content (AvgIpc) is 2.83. The summed E-state index contributed by atoms with van der Waals surface area (Å²) in [6.07, 6.45) is 0.914. The number of aryl methyl sites for hydroxylation is 2. The zero-order chi connectivity index (χ0) is 16.3. The van der Waals surface area contributed by atoms with Gasteiger partial charge in [0.1, 0.15) is 0 Å². The summed E-state index contributed by atoms with van der Waals surface area (Å²) in [5.74, 6) is -0.379. The van der Waals surface area contributed by atoms with Crippen LogP contribution in [0.4, 0.5) is 11.4 Å². The van der Waals surface area contributed by atoms with E-state index in [9.17, 15) is 9.59 Å². The van der Waals surface area contributed by atoms with E-state index in [2.05, 4.69) is 17.6 Å². The number of carbonyl (C=O) groups excluding carboxylic acids is 2. The molecule has 1 aromatic carbocycles. The van der Waals surface area contributed by atoms with Crippen LogP contribution in [-0.4, -0.2) is 11.8 Å². The Morgan fingerprint density at radius 1 is 1.23 bits per heavy atom. The topological polar surface area (TPSA) is 58.2 Å². The second-order valence-corrected chi connectivity index (χ2v) is 6.44. The summed E-state index contributed by atoms with van der Waals surface area (Å²) in [4.78, 5) is 25.3. The molecule has 0 spiro atoms. The average molecular weight is 337 g/mol. The summed E-state index contributed by atoms with van der Waals surface area (Å²) in [5.41, 5.74) is 2.19. The van der Waals surface area contributed by atoms with E-state index in [-0.39, 0.29) is 11.8 Å². The molecular formula is C16H17ClN2O2S. The number of benzene rings is 1. The van der Waals surface area contributed by atoms with Crippen LogP contribution in [0.1, 0.15) is 34.0 Å². The lowest BCUT2D eigenvalue weighted by Crippen LogP contribution is -2.11. The summed E-state index contributed by atoms with van der Waals surface area (Å²) in [5, 5.41) is 5.88. The molecule has 4 nitrogen and oxygen atoms in total. The molecule has 2 amide bonds. The highest BCUT2D eigenvalue weighted by atomic mass is 35.5. The molecule has 1 aromatic heterocycles. The number of nitrogens with one attached hydrogen (secondary N) is 2. The third-order valence-electron chi connectivity index (χ3n) is 3.10. The molecule has 2 aromatic rings. The Kier molecular flexibility index (Phi) is 5.21. The summed E-state index contributed by atoms with van der Waals surface area (Å²) in [6.45, 7) is 5.48. The SMILES string of the molecule is CCc1sc(C(=O)Nc2ccc(Cl)c(NC(C)=O)c2)cc1C. The van der Waals surface area contributed by atoms with Crippen LogP contribution in [0.25, 0.3) is 0 Å². The van der Waals surface area contributed by atoms with E-state index in [1.807, 2.05) is 13.0 Å². The van der Waals surface area contributed by atoms with Gasteiger partial charge in [-0.3, -0.25) is 9.59 Å². The van der Waals surface area contributed by atoms with Crippen molar-refractivity contribution in [2.45, 2.75) is 27.2 Å². The molecule has 0 aliphatic carbocycles. The largest absolute Gasteiger partial charge is 0.325 e. The van der Waals surface area contributed by atoms with Gasteiger partial charge >= 0.3 is 0 Å². The summed E-state index contributed by atoms with van der Waals surface area (Å²) in [6, 6.07) is 6.87. The monoisotopic (exact) mass is 336 g/mol. The van der Waals surface area contributed by atoms with Crippen molar-refractivity contribution in [1.29, 1.82) is 0 Å². The van der Waals surface area contributed by atoms with Crippen LogP contribution in [0.15, 0.2) is 24.3 Å². The van der Waals surface area contributed by atoms with Crippen molar-refractivity contribution in [3.05, 3.63) is 44.6 Å². The molecule has 0 saturated carbocycles. The van der Waals surface area contributed by atoms with Gasteiger partial charge in [0.2, 0.25) is 5.91 Å². The normalized spacial score (nSPS) is 10.4. The van der Waals surface area contributed by atoms with Crippen molar-refractivity contribution < 1.29 is 9.59 Å². The molecule has 0 radical (unpaired) electrons. The summed E-state index contributed by atoms with van der Waals surface area (Å²) < 4.78 is 0. The standard InChI is InChI=1S/C16H17ClN2O2S/c1-4-14-9(2)7-15(22-14)16(21)19-11-5-6-12(17)13(8-11)18-10(3)20/h5-8H,4H2,1-3H3,(H,18,20)(H,19,21). The maximum absolute atomic E-state index is 12.3. The smallest absolute Gasteiger partial charge is 0.265 e. The Hall–Kier alpha value is -1.85. The Balaban J connectivity index is 2.19. The van der Waals surface area contributed by atoms with Crippen molar-refractivity contribution in [3.8, 4) is 0 Å². The minimum Gasteiger partial charge on any atom is -0.325 e. The van der Waals surface area contributed by atoms with Crippen LogP contribution in [0.5, 0.6) is 0 Å². The second-order valence-electron chi connectivity index (χ2n) is 4.90. The number of halogens is 1. The van der Waals surface area contributed by atoms with Gasteiger partial charge in [0.25, 0.3) is 5.91 Å². The van der Waals surface area contributed by atoms with E-state index in [1.165, 1.54) is 23.1 Å². The lowest BCUT2D eigenvalue weighted by molar-refractivity contribution is -0.114. The highest BCUT2D eigenvalue weighted by Crippen LogP contribution is 2.27. The Labute approximate surface area is 138 Å². The first-order valence-electron chi connectivity index (χ1n) is 6.88. The number of anilines is 2. The van der Waals surface area contributed by atoms with Crippen LogP contribution in [0.3, 0.4) is 0 Å². The van der Waals surface area contributed by atoms with Crippen molar-refractivity contribution in [3.63, 3.8) is 0 Å². The van der Waals surface area contributed by atoms with E-state index in [1.54, 1.807) is 18.2 Å². The third-order valence-corrected chi connectivity index (χ3v) is 4.81. The fourth-order valence-electron chi connectivity index (χ4n) is 2.06. The Bertz CT molecular complexity index is 725.